The summed E-state index contributed by atoms with van der Waals surface area (Å²) >= 11 is 0. The van der Waals surface area contributed by atoms with Gasteiger partial charge in [0.15, 0.2) is 0 Å². The van der Waals surface area contributed by atoms with E-state index in [-0.39, 0.29) is 11.7 Å². The minimum Gasteiger partial charge on any atom is -0.496 e. The van der Waals surface area contributed by atoms with Crippen LogP contribution < -0.4 is 4.74 Å². The number of nitrogens with zero attached hydrogens (tertiary/aromatic N) is 1. The first kappa shape index (κ1) is 14.8. The number of aromatic carboxylic acids is 1. The van der Waals surface area contributed by atoms with Gasteiger partial charge in [-0.05, 0) is 31.0 Å². The van der Waals surface area contributed by atoms with Gasteiger partial charge >= 0.3 is 5.97 Å². The Bertz CT molecular complexity index is 475. The van der Waals surface area contributed by atoms with Crippen molar-refractivity contribution in [3.63, 3.8) is 0 Å². The minimum absolute atomic E-state index is 0.212. The molecule has 0 aliphatic carbocycles. The van der Waals surface area contributed by atoms with Crippen molar-refractivity contribution in [3.8, 4) is 5.75 Å². The molecular formula is C15H21NO4. The second kappa shape index (κ2) is 6.72. The lowest BCUT2D eigenvalue weighted by Crippen LogP contribution is -2.29. The molecule has 1 heterocycles. The van der Waals surface area contributed by atoms with Gasteiger partial charge in [0.2, 0.25) is 0 Å². The van der Waals surface area contributed by atoms with Gasteiger partial charge in [0.25, 0.3) is 0 Å². The van der Waals surface area contributed by atoms with Gasteiger partial charge in [-0.3, -0.25) is 4.90 Å². The van der Waals surface area contributed by atoms with E-state index in [1.165, 1.54) is 7.11 Å². The van der Waals surface area contributed by atoms with E-state index < -0.39 is 5.97 Å². The highest BCUT2D eigenvalue weighted by Crippen LogP contribution is 2.21. The van der Waals surface area contributed by atoms with Crippen LogP contribution in [0, 0.1) is 0 Å². The lowest BCUT2D eigenvalue weighted by molar-refractivity contribution is 0.0664. The van der Waals surface area contributed by atoms with E-state index in [0.717, 1.165) is 38.2 Å². The molecule has 1 aliphatic heterocycles. The zero-order valence-electron chi connectivity index (χ0n) is 12.0. The Labute approximate surface area is 119 Å². The topological polar surface area (TPSA) is 59.0 Å². The van der Waals surface area contributed by atoms with Crippen LogP contribution in [-0.4, -0.2) is 48.9 Å². The fourth-order valence-corrected chi connectivity index (χ4v) is 2.50. The number of carboxylic acid groups (broad SMARTS) is 1. The molecule has 0 radical (unpaired) electrons. The molecule has 1 saturated heterocycles. The molecule has 1 N–H and O–H groups in total. The van der Waals surface area contributed by atoms with Gasteiger partial charge in [-0.2, -0.15) is 0 Å². The Balaban J connectivity index is 2.12. The molecule has 0 bridgehead atoms. The molecular weight excluding hydrogens is 258 g/mol. The molecule has 110 valence electrons. The number of rotatable bonds is 4. The maximum Gasteiger partial charge on any atom is 0.339 e. The predicted molar refractivity (Wildman–Crippen MR) is 75.3 cm³/mol. The van der Waals surface area contributed by atoms with Gasteiger partial charge in [-0.15, -0.1) is 0 Å². The number of hydrogen-bond donors (Lipinski definition) is 1. The van der Waals surface area contributed by atoms with Crippen LogP contribution in [0.1, 0.15) is 29.3 Å². The van der Waals surface area contributed by atoms with Gasteiger partial charge in [-0.25, -0.2) is 4.79 Å². The molecule has 1 aromatic carbocycles. The second-order valence-corrected chi connectivity index (χ2v) is 5.11. The summed E-state index contributed by atoms with van der Waals surface area (Å²) in [6.45, 7) is 5.43. The van der Waals surface area contributed by atoms with Crippen molar-refractivity contribution >= 4 is 5.97 Å². The fraction of sp³-hybridized carbons (Fsp3) is 0.533. The fourth-order valence-electron chi connectivity index (χ4n) is 2.50. The first-order valence-electron chi connectivity index (χ1n) is 6.84. The van der Waals surface area contributed by atoms with Crippen molar-refractivity contribution < 1.29 is 19.4 Å². The maximum absolute atomic E-state index is 11.2. The summed E-state index contributed by atoms with van der Waals surface area (Å²) in [6, 6.07) is 5.33. The molecule has 0 saturated carbocycles. The number of carboxylic acids is 1. The van der Waals surface area contributed by atoms with Crippen LogP contribution in [0.5, 0.6) is 5.75 Å². The molecule has 5 heteroatoms. The summed E-state index contributed by atoms with van der Waals surface area (Å²) in [5.41, 5.74) is 1.20. The molecule has 1 fully saturated rings. The molecule has 0 spiro atoms. The molecule has 5 nitrogen and oxygen atoms in total. The standard InChI is InChI=1S/C15H21NO4/c1-11-9-16(6-3-7-20-11)10-12-4-5-14(19-2)13(8-12)15(17)18/h4-5,8,11H,3,6-7,9-10H2,1-2H3,(H,17,18). The Morgan fingerprint density at radius 2 is 2.35 bits per heavy atom. The molecule has 20 heavy (non-hydrogen) atoms. The van der Waals surface area contributed by atoms with E-state index in [2.05, 4.69) is 11.8 Å². The first-order valence-corrected chi connectivity index (χ1v) is 6.84. The van der Waals surface area contributed by atoms with Crippen LogP contribution in [-0.2, 0) is 11.3 Å². The lowest BCUT2D eigenvalue weighted by Gasteiger charge is -2.22. The smallest absolute Gasteiger partial charge is 0.339 e. The highest BCUT2D eigenvalue weighted by atomic mass is 16.5. The number of carbonyl (C=O) groups is 1. The van der Waals surface area contributed by atoms with Crippen molar-refractivity contribution in [3.05, 3.63) is 29.3 Å². The zero-order valence-corrected chi connectivity index (χ0v) is 12.0. The predicted octanol–water partition coefficient (Wildman–Crippen LogP) is 2.00. The molecule has 0 aromatic heterocycles. The van der Waals surface area contributed by atoms with Crippen molar-refractivity contribution in [2.24, 2.45) is 0 Å². The molecule has 1 atom stereocenters. The van der Waals surface area contributed by atoms with Crippen molar-refractivity contribution in [2.45, 2.75) is 26.0 Å². The quantitative estimate of drug-likeness (QED) is 0.913. The van der Waals surface area contributed by atoms with Gasteiger partial charge in [0, 0.05) is 26.2 Å². The number of hydrogen-bond acceptors (Lipinski definition) is 4. The number of ether oxygens (including phenoxy) is 2. The second-order valence-electron chi connectivity index (χ2n) is 5.11. The summed E-state index contributed by atoms with van der Waals surface area (Å²) in [5.74, 6) is -0.565. The van der Waals surface area contributed by atoms with E-state index >= 15 is 0 Å². The van der Waals surface area contributed by atoms with E-state index in [1.807, 2.05) is 6.07 Å². The van der Waals surface area contributed by atoms with Gasteiger partial charge in [-0.1, -0.05) is 6.07 Å². The van der Waals surface area contributed by atoms with E-state index in [9.17, 15) is 9.90 Å². The number of methoxy groups -OCH3 is 1. The normalized spacial score (nSPS) is 20.4. The molecule has 2 rings (SSSR count). The minimum atomic E-state index is -0.962. The van der Waals surface area contributed by atoms with Crippen LogP contribution in [0.15, 0.2) is 18.2 Å². The molecule has 1 aliphatic rings. The SMILES string of the molecule is COc1ccc(CN2CCCOC(C)C2)cc1C(=O)O. The lowest BCUT2D eigenvalue weighted by atomic mass is 10.1. The van der Waals surface area contributed by atoms with Crippen LogP contribution in [0.3, 0.4) is 0 Å². The average Bonchev–Trinajstić information content (AvgIpc) is 2.63. The third kappa shape index (κ3) is 3.71. The highest BCUT2D eigenvalue weighted by Gasteiger charge is 2.17. The van der Waals surface area contributed by atoms with Crippen molar-refractivity contribution in [1.29, 1.82) is 0 Å². The number of benzene rings is 1. The summed E-state index contributed by atoms with van der Waals surface area (Å²) < 4.78 is 10.7. The average molecular weight is 279 g/mol. The third-order valence-electron chi connectivity index (χ3n) is 3.44. The van der Waals surface area contributed by atoms with E-state index in [0.29, 0.717) is 5.75 Å². The van der Waals surface area contributed by atoms with Crippen LogP contribution in [0.25, 0.3) is 0 Å². The highest BCUT2D eigenvalue weighted by molar-refractivity contribution is 5.91. The van der Waals surface area contributed by atoms with Gasteiger partial charge < -0.3 is 14.6 Å². The summed E-state index contributed by atoms with van der Waals surface area (Å²) in [7, 11) is 1.48. The molecule has 0 amide bonds. The molecule has 1 aromatic rings. The largest absolute Gasteiger partial charge is 0.496 e. The van der Waals surface area contributed by atoms with Crippen molar-refractivity contribution in [2.75, 3.05) is 26.8 Å². The Kier molecular flexibility index (Phi) is 4.98. The van der Waals surface area contributed by atoms with Gasteiger partial charge in [0.1, 0.15) is 11.3 Å². The Hall–Kier alpha value is -1.59. The van der Waals surface area contributed by atoms with Crippen LogP contribution in [0.4, 0.5) is 0 Å². The Morgan fingerprint density at radius 3 is 3.05 bits per heavy atom. The summed E-state index contributed by atoms with van der Waals surface area (Å²) in [4.78, 5) is 13.5. The summed E-state index contributed by atoms with van der Waals surface area (Å²) in [5, 5.41) is 9.20. The Morgan fingerprint density at radius 1 is 1.55 bits per heavy atom. The monoisotopic (exact) mass is 279 g/mol. The maximum atomic E-state index is 11.2. The van der Waals surface area contributed by atoms with Crippen LogP contribution in [0.2, 0.25) is 0 Å². The van der Waals surface area contributed by atoms with Crippen LogP contribution >= 0.6 is 0 Å². The van der Waals surface area contributed by atoms with E-state index in [1.54, 1.807) is 12.1 Å². The third-order valence-corrected chi connectivity index (χ3v) is 3.44. The summed E-state index contributed by atoms with van der Waals surface area (Å²) in [6.07, 6.45) is 1.22. The first-order chi connectivity index (χ1) is 9.60. The molecule has 1 unspecified atom stereocenters. The zero-order chi connectivity index (χ0) is 14.5. The van der Waals surface area contributed by atoms with E-state index in [4.69, 9.17) is 9.47 Å². The van der Waals surface area contributed by atoms with Gasteiger partial charge in [0.05, 0.1) is 13.2 Å². The van der Waals surface area contributed by atoms with Crippen molar-refractivity contribution in [1.82, 2.24) is 4.90 Å².